The molecule has 1 atom stereocenters. The zero-order valence-electron chi connectivity index (χ0n) is 10.8. The number of likely N-dealkylation sites (tertiary alicyclic amines) is 2. The summed E-state index contributed by atoms with van der Waals surface area (Å²) in [5.41, 5.74) is -0.912. The van der Waals surface area contributed by atoms with Crippen LogP contribution in [0.1, 0.15) is 25.7 Å². The van der Waals surface area contributed by atoms with E-state index in [2.05, 4.69) is 10.6 Å². The summed E-state index contributed by atoms with van der Waals surface area (Å²) in [6.07, 6.45) is 3.41. The fourth-order valence-corrected chi connectivity index (χ4v) is 3.14. The number of hydrogen-bond donors (Lipinski definition) is 2. The van der Waals surface area contributed by atoms with E-state index in [4.69, 9.17) is 0 Å². The number of hydrogen-bond acceptors (Lipinski definition) is 3. The zero-order chi connectivity index (χ0) is 13.5. The summed E-state index contributed by atoms with van der Waals surface area (Å²) in [5, 5.41) is 4.95. The van der Waals surface area contributed by atoms with Gasteiger partial charge in [-0.15, -0.1) is 0 Å². The molecule has 2 N–H and O–H groups in total. The van der Waals surface area contributed by atoms with Crippen molar-refractivity contribution in [3.63, 3.8) is 0 Å². The number of piperidine rings is 1. The van der Waals surface area contributed by atoms with E-state index in [9.17, 15) is 14.4 Å². The zero-order valence-corrected chi connectivity index (χ0v) is 10.8. The van der Waals surface area contributed by atoms with Gasteiger partial charge in [-0.05, 0) is 25.7 Å². The molecule has 0 aliphatic carbocycles. The van der Waals surface area contributed by atoms with E-state index in [1.165, 1.54) is 0 Å². The van der Waals surface area contributed by atoms with Gasteiger partial charge < -0.3 is 15.1 Å². The van der Waals surface area contributed by atoms with Crippen LogP contribution >= 0.6 is 0 Å². The highest BCUT2D eigenvalue weighted by Crippen LogP contribution is 2.25. The Hall–Kier alpha value is -1.79. The largest absolute Gasteiger partial charge is 0.325 e. The van der Waals surface area contributed by atoms with Crippen LogP contribution in [-0.4, -0.2) is 59.5 Å². The van der Waals surface area contributed by atoms with Crippen molar-refractivity contribution in [2.75, 3.05) is 26.2 Å². The van der Waals surface area contributed by atoms with Gasteiger partial charge in [0.15, 0.2) is 0 Å². The van der Waals surface area contributed by atoms with Crippen LogP contribution in [0.4, 0.5) is 9.59 Å². The molecule has 0 radical (unpaired) electrons. The molecule has 3 aliphatic heterocycles. The standard InChI is InChI=1S/C12H18N4O3/c17-9-12(14-10(18)13-9)4-3-7-16(8-12)11(19)15-5-1-2-6-15/h1-8H2,(H2,13,14,17,18). The van der Waals surface area contributed by atoms with E-state index >= 15 is 0 Å². The topological polar surface area (TPSA) is 81.8 Å². The van der Waals surface area contributed by atoms with Crippen LogP contribution in [0.25, 0.3) is 0 Å². The van der Waals surface area contributed by atoms with Crippen LogP contribution in [-0.2, 0) is 4.79 Å². The van der Waals surface area contributed by atoms with E-state index in [0.29, 0.717) is 13.0 Å². The summed E-state index contributed by atoms with van der Waals surface area (Å²) in [5.74, 6) is -0.309. The number of amides is 5. The van der Waals surface area contributed by atoms with Crippen LogP contribution in [0.5, 0.6) is 0 Å². The van der Waals surface area contributed by atoms with E-state index < -0.39 is 11.6 Å². The molecule has 0 aromatic rings. The van der Waals surface area contributed by atoms with Crippen LogP contribution in [0.2, 0.25) is 0 Å². The number of carbonyl (C=O) groups is 3. The highest BCUT2D eigenvalue weighted by molar-refractivity contribution is 6.07. The maximum atomic E-state index is 12.3. The van der Waals surface area contributed by atoms with Crippen LogP contribution in [0.15, 0.2) is 0 Å². The lowest BCUT2D eigenvalue weighted by Crippen LogP contribution is -2.61. The second kappa shape index (κ2) is 4.40. The highest BCUT2D eigenvalue weighted by atomic mass is 16.2. The van der Waals surface area contributed by atoms with Crippen molar-refractivity contribution in [3.05, 3.63) is 0 Å². The van der Waals surface area contributed by atoms with Crippen molar-refractivity contribution in [1.29, 1.82) is 0 Å². The van der Waals surface area contributed by atoms with Crippen molar-refractivity contribution in [3.8, 4) is 0 Å². The van der Waals surface area contributed by atoms with Gasteiger partial charge in [0.05, 0.1) is 6.54 Å². The maximum absolute atomic E-state index is 12.3. The predicted octanol–water partition coefficient (Wildman–Crippen LogP) is -0.124. The number of nitrogens with zero attached hydrogens (tertiary/aromatic N) is 2. The molecule has 5 amide bonds. The van der Waals surface area contributed by atoms with Crippen LogP contribution < -0.4 is 10.6 Å². The normalized spacial score (nSPS) is 30.7. The summed E-state index contributed by atoms with van der Waals surface area (Å²) in [7, 11) is 0. The van der Waals surface area contributed by atoms with E-state index in [1.54, 1.807) is 4.90 Å². The Kier molecular flexibility index (Phi) is 2.83. The fraction of sp³-hybridized carbons (Fsp3) is 0.750. The molecule has 0 aromatic heterocycles. The molecule has 7 heteroatoms. The number of nitrogens with one attached hydrogen (secondary N) is 2. The van der Waals surface area contributed by atoms with E-state index in [-0.39, 0.29) is 18.5 Å². The van der Waals surface area contributed by atoms with Gasteiger partial charge in [0.25, 0.3) is 5.91 Å². The molecule has 7 nitrogen and oxygen atoms in total. The Morgan fingerprint density at radius 1 is 1.05 bits per heavy atom. The first-order valence-corrected chi connectivity index (χ1v) is 6.78. The molecule has 104 valence electrons. The molecule has 0 bridgehead atoms. The monoisotopic (exact) mass is 266 g/mol. The summed E-state index contributed by atoms with van der Waals surface area (Å²) in [6.45, 7) is 2.52. The first-order chi connectivity index (χ1) is 9.11. The SMILES string of the molecule is O=C1NC(=O)C2(CCCN(C(=O)N3CCCC3)C2)N1. The Morgan fingerprint density at radius 3 is 2.37 bits per heavy atom. The average Bonchev–Trinajstić information content (AvgIpc) is 2.99. The second-order valence-corrected chi connectivity index (χ2v) is 5.49. The number of rotatable bonds is 0. The minimum atomic E-state index is -0.912. The molecule has 0 aromatic carbocycles. The molecule has 19 heavy (non-hydrogen) atoms. The van der Waals surface area contributed by atoms with Crippen molar-refractivity contribution >= 4 is 18.0 Å². The van der Waals surface area contributed by atoms with Gasteiger partial charge in [-0.1, -0.05) is 0 Å². The third kappa shape index (κ3) is 2.02. The van der Waals surface area contributed by atoms with Crippen molar-refractivity contribution in [1.82, 2.24) is 20.4 Å². The Balaban J connectivity index is 1.72. The number of imide groups is 1. The van der Waals surface area contributed by atoms with Gasteiger partial charge in [0, 0.05) is 19.6 Å². The molecule has 0 saturated carbocycles. The summed E-state index contributed by atoms with van der Waals surface area (Å²) in [6, 6.07) is -0.467. The minimum Gasteiger partial charge on any atom is -0.325 e. The maximum Gasteiger partial charge on any atom is 0.322 e. The lowest BCUT2D eigenvalue weighted by atomic mass is 9.89. The minimum absolute atomic E-state index is 0.00877. The third-order valence-corrected chi connectivity index (χ3v) is 4.15. The summed E-state index contributed by atoms with van der Waals surface area (Å²) in [4.78, 5) is 39.1. The number of urea groups is 2. The van der Waals surface area contributed by atoms with Crippen molar-refractivity contribution < 1.29 is 14.4 Å². The number of carbonyl (C=O) groups excluding carboxylic acids is 3. The molecule has 1 spiro atoms. The molecule has 3 saturated heterocycles. The smallest absolute Gasteiger partial charge is 0.322 e. The lowest BCUT2D eigenvalue weighted by molar-refractivity contribution is -0.125. The fourth-order valence-electron chi connectivity index (χ4n) is 3.14. The molecule has 3 fully saturated rings. The van der Waals surface area contributed by atoms with E-state index in [1.807, 2.05) is 4.90 Å². The first kappa shape index (κ1) is 12.3. The average molecular weight is 266 g/mol. The van der Waals surface area contributed by atoms with Crippen LogP contribution in [0, 0.1) is 0 Å². The van der Waals surface area contributed by atoms with E-state index in [0.717, 1.165) is 32.4 Å². The third-order valence-electron chi connectivity index (χ3n) is 4.15. The van der Waals surface area contributed by atoms with Crippen molar-refractivity contribution in [2.24, 2.45) is 0 Å². The Bertz CT molecular complexity index is 433. The summed E-state index contributed by atoms with van der Waals surface area (Å²) < 4.78 is 0. The first-order valence-electron chi connectivity index (χ1n) is 6.78. The lowest BCUT2D eigenvalue weighted by Gasteiger charge is -2.39. The van der Waals surface area contributed by atoms with Gasteiger partial charge in [0.1, 0.15) is 5.54 Å². The van der Waals surface area contributed by atoms with Gasteiger partial charge in [0.2, 0.25) is 0 Å². The van der Waals surface area contributed by atoms with Gasteiger partial charge in [-0.2, -0.15) is 0 Å². The Labute approximate surface area is 111 Å². The molecular formula is C12H18N4O3. The highest BCUT2D eigenvalue weighted by Gasteiger charge is 2.49. The molecule has 3 rings (SSSR count). The second-order valence-electron chi connectivity index (χ2n) is 5.49. The molecule has 1 unspecified atom stereocenters. The summed E-state index contributed by atoms with van der Waals surface area (Å²) >= 11 is 0. The molecule has 3 aliphatic rings. The molecular weight excluding hydrogens is 248 g/mol. The molecule has 3 heterocycles. The van der Waals surface area contributed by atoms with Gasteiger partial charge >= 0.3 is 12.1 Å². The van der Waals surface area contributed by atoms with Crippen molar-refractivity contribution in [2.45, 2.75) is 31.2 Å². The van der Waals surface area contributed by atoms with Gasteiger partial charge in [-0.25, -0.2) is 9.59 Å². The predicted molar refractivity (Wildman–Crippen MR) is 66.4 cm³/mol. The van der Waals surface area contributed by atoms with Crippen LogP contribution in [0.3, 0.4) is 0 Å². The Morgan fingerprint density at radius 2 is 1.74 bits per heavy atom. The van der Waals surface area contributed by atoms with Gasteiger partial charge in [-0.3, -0.25) is 10.1 Å². The quantitative estimate of drug-likeness (QED) is 0.600.